The highest BCUT2D eigenvalue weighted by Gasteiger charge is 2.33. The number of amides is 3. The first kappa shape index (κ1) is 26.0. The lowest BCUT2D eigenvalue weighted by Gasteiger charge is -2.36. The first-order valence-corrected chi connectivity index (χ1v) is 12.6. The lowest BCUT2D eigenvalue weighted by Crippen LogP contribution is -2.49. The number of nitrogens with zero attached hydrogens (tertiary/aromatic N) is 3. The van der Waals surface area contributed by atoms with Crippen LogP contribution < -0.4 is 15.1 Å². The highest BCUT2D eigenvalue weighted by molar-refractivity contribution is 6.07. The van der Waals surface area contributed by atoms with Crippen molar-refractivity contribution in [3.8, 4) is 0 Å². The lowest BCUT2D eigenvalue weighted by atomic mass is 10.1. The van der Waals surface area contributed by atoms with Crippen molar-refractivity contribution >= 4 is 35.1 Å². The van der Waals surface area contributed by atoms with E-state index in [-0.39, 0.29) is 37.1 Å². The average Bonchev–Trinajstić information content (AvgIpc) is 3.62. The van der Waals surface area contributed by atoms with E-state index in [2.05, 4.69) is 5.32 Å². The summed E-state index contributed by atoms with van der Waals surface area (Å²) in [5.41, 5.74) is 1.57. The van der Waals surface area contributed by atoms with Gasteiger partial charge in [-0.1, -0.05) is 30.3 Å². The molecule has 2 saturated heterocycles. The van der Waals surface area contributed by atoms with Gasteiger partial charge in [0.15, 0.2) is 5.78 Å². The van der Waals surface area contributed by atoms with Gasteiger partial charge in [-0.05, 0) is 24.3 Å². The number of anilines is 2. The molecule has 2 aromatic carbocycles. The van der Waals surface area contributed by atoms with E-state index in [0.29, 0.717) is 48.7 Å². The molecule has 0 bridgehead atoms. The van der Waals surface area contributed by atoms with E-state index in [0.717, 1.165) is 0 Å². The second kappa shape index (κ2) is 11.4. The molecule has 3 heterocycles. The number of rotatable bonds is 8. The maximum absolute atomic E-state index is 15.1. The Balaban J connectivity index is 1.13. The molecule has 0 aliphatic carbocycles. The van der Waals surface area contributed by atoms with Gasteiger partial charge in [-0.3, -0.25) is 19.3 Å². The van der Waals surface area contributed by atoms with Crippen molar-refractivity contribution in [3.05, 3.63) is 84.1 Å². The van der Waals surface area contributed by atoms with Crippen LogP contribution in [-0.2, 0) is 9.53 Å². The summed E-state index contributed by atoms with van der Waals surface area (Å²) in [5.74, 6) is -1.33. The van der Waals surface area contributed by atoms with Gasteiger partial charge in [-0.2, -0.15) is 0 Å². The molecule has 1 atom stereocenters. The molecule has 1 aromatic heterocycles. The molecule has 2 aliphatic heterocycles. The number of piperazine rings is 1. The Morgan fingerprint density at radius 1 is 0.974 bits per heavy atom. The summed E-state index contributed by atoms with van der Waals surface area (Å²) in [7, 11) is 0. The average molecular weight is 535 g/mol. The van der Waals surface area contributed by atoms with Crippen molar-refractivity contribution in [1.82, 2.24) is 10.2 Å². The number of benzene rings is 2. The number of carbonyl (C=O) groups excluding carboxylic acids is 4. The van der Waals surface area contributed by atoms with Gasteiger partial charge in [-0.25, -0.2) is 9.18 Å². The van der Waals surface area contributed by atoms with Crippen molar-refractivity contribution in [1.29, 1.82) is 0 Å². The van der Waals surface area contributed by atoms with Gasteiger partial charge < -0.3 is 24.3 Å². The number of ketones is 1. The molecule has 1 N–H and O–H groups in total. The normalized spacial score (nSPS) is 17.2. The van der Waals surface area contributed by atoms with Crippen LogP contribution in [0.2, 0.25) is 0 Å². The predicted molar refractivity (Wildman–Crippen MR) is 139 cm³/mol. The third-order valence-corrected chi connectivity index (χ3v) is 6.77. The highest BCUT2D eigenvalue weighted by atomic mass is 19.1. The predicted octanol–water partition coefficient (Wildman–Crippen LogP) is 3.10. The fourth-order valence-corrected chi connectivity index (χ4v) is 4.63. The minimum atomic E-state index is -0.623. The van der Waals surface area contributed by atoms with Crippen molar-refractivity contribution in [2.75, 3.05) is 49.1 Å². The zero-order valence-electron chi connectivity index (χ0n) is 21.0. The van der Waals surface area contributed by atoms with Crippen molar-refractivity contribution < 1.29 is 32.7 Å². The van der Waals surface area contributed by atoms with Crippen LogP contribution in [0.3, 0.4) is 0 Å². The molecular formula is C28H27FN4O6. The Morgan fingerprint density at radius 2 is 1.74 bits per heavy atom. The van der Waals surface area contributed by atoms with Gasteiger partial charge in [0.25, 0.3) is 5.91 Å². The molecule has 0 unspecified atom stereocenters. The van der Waals surface area contributed by atoms with Crippen LogP contribution in [0.15, 0.2) is 71.5 Å². The first-order chi connectivity index (χ1) is 18.9. The van der Waals surface area contributed by atoms with E-state index < -0.39 is 18.0 Å². The second-order valence-electron chi connectivity index (χ2n) is 9.31. The molecule has 0 radical (unpaired) electrons. The summed E-state index contributed by atoms with van der Waals surface area (Å²) in [6, 6.07) is 14.7. The number of hydrogen-bond donors (Lipinski definition) is 1. The number of Topliss-reactive ketones (excluding diaryl/α,β-unsaturated/α-hetero) is 1. The van der Waals surface area contributed by atoms with Crippen LogP contribution in [0.4, 0.5) is 20.6 Å². The summed E-state index contributed by atoms with van der Waals surface area (Å²) < 4.78 is 25.3. The van der Waals surface area contributed by atoms with Gasteiger partial charge in [0.2, 0.25) is 5.91 Å². The van der Waals surface area contributed by atoms with Crippen molar-refractivity contribution in [2.24, 2.45) is 0 Å². The zero-order valence-corrected chi connectivity index (χ0v) is 21.0. The maximum atomic E-state index is 15.1. The van der Waals surface area contributed by atoms with E-state index in [1.165, 1.54) is 29.6 Å². The maximum Gasteiger partial charge on any atom is 0.414 e. The molecule has 10 nitrogen and oxygen atoms in total. The van der Waals surface area contributed by atoms with Crippen molar-refractivity contribution in [3.63, 3.8) is 0 Å². The minimum Gasteiger partial charge on any atom is -0.472 e. The smallest absolute Gasteiger partial charge is 0.414 e. The Bertz CT molecular complexity index is 1360. The Hall–Kier alpha value is -4.67. The molecule has 5 rings (SSSR count). The molecular weight excluding hydrogens is 507 g/mol. The first-order valence-electron chi connectivity index (χ1n) is 12.6. The van der Waals surface area contributed by atoms with Gasteiger partial charge >= 0.3 is 6.09 Å². The Kier molecular flexibility index (Phi) is 7.57. The van der Waals surface area contributed by atoms with Crippen LogP contribution in [-0.4, -0.2) is 74.0 Å². The SMILES string of the molecule is O=C(CC(=O)N1CCN(c2ccc(N3C[C@H](CNC(=O)c4ccoc4)OC3=O)cc2F)CC1)c1ccccc1. The van der Waals surface area contributed by atoms with E-state index in [1.54, 1.807) is 41.3 Å². The quantitative estimate of drug-likeness (QED) is 0.349. The van der Waals surface area contributed by atoms with E-state index in [9.17, 15) is 19.2 Å². The molecule has 0 spiro atoms. The monoisotopic (exact) mass is 534 g/mol. The molecule has 2 aliphatic rings. The lowest BCUT2D eigenvalue weighted by molar-refractivity contribution is -0.130. The topological polar surface area (TPSA) is 112 Å². The number of nitrogens with one attached hydrogen (secondary N) is 1. The highest BCUT2D eigenvalue weighted by Crippen LogP contribution is 2.28. The molecule has 202 valence electrons. The molecule has 0 saturated carbocycles. The van der Waals surface area contributed by atoms with Crippen LogP contribution in [0.25, 0.3) is 0 Å². The van der Waals surface area contributed by atoms with E-state index in [1.807, 2.05) is 11.0 Å². The Morgan fingerprint density at radius 3 is 2.44 bits per heavy atom. The molecule has 3 amide bonds. The number of carbonyl (C=O) groups is 4. The fourth-order valence-electron chi connectivity index (χ4n) is 4.63. The number of cyclic esters (lactones) is 1. The standard InChI is InChI=1S/C28H27FN4O6/c29-23-14-21(33-17-22(39-28(33)37)16-30-27(36)20-8-13-38-18-20)6-7-24(23)31-9-11-32(12-10-31)26(35)15-25(34)19-4-2-1-3-5-19/h1-8,13-14,18,22H,9-12,15-17H2,(H,30,36)/t22-/m0/s1. The molecule has 39 heavy (non-hydrogen) atoms. The summed E-state index contributed by atoms with van der Waals surface area (Å²) in [6.45, 7) is 1.81. The van der Waals surface area contributed by atoms with Crippen LogP contribution in [0.1, 0.15) is 27.1 Å². The largest absolute Gasteiger partial charge is 0.472 e. The summed E-state index contributed by atoms with van der Waals surface area (Å²) in [5, 5.41) is 2.68. The van der Waals surface area contributed by atoms with Crippen LogP contribution in [0.5, 0.6) is 0 Å². The number of ether oxygens (including phenoxy) is 1. The van der Waals surface area contributed by atoms with E-state index in [4.69, 9.17) is 9.15 Å². The second-order valence-corrected chi connectivity index (χ2v) is 9.31. The Labute approximate surface area is 223 Å². The number of halogens is 1. The van der Waals surface area contributed by atoms with Gasteiger partial charge in [0.1, 0.15) is 18.2 Å². The third-order valence-electron chi connectivity index (χ3n) is 6.77. The zero-order chi connectivity index (χ0) is 27.4. The number of furan rings is 1. The van der Waals surface area contributed by atoms with Gasteiger partial charge in [-0.15, -0.1) is 0 Å². The molecule has 11 heteroatoms. The van der Waals surface area contributed by atoms with Gasteiger partial charge in [0, 0.05) is 31.7 Å². The molecule has 2 fully saturated rings. The van der Waals surface area contributed by atoms with Crippen molar-refractivity contribution in [2.45, 2.75) is 12.5 Å². The van der Waals surface area contributed by atoms with Crippen LogP contribution >= 0.6 is 0 Å². The summed E-state index contributed by atoms with van der Waals surface area (Å²) in [6.07, 6.45) is 1.29. The minimum absolute atomic E-state index is 0.104. The molecule has 3 aromatic rings. The van der Waals surface area contributed by atoms with Crippen LogP contribution in [0, 0.1) is 5.82 Å². The van der Waals surface area contributed by atoms with Gasteiger partial charge in [0.05, 0.1) is 42.7 Å². The third kappa shape index (κ3) is 5.92. The summed E-state index contributed by atoms with van der Waals surface area (Å²) >= 11 is 0. The fraction of sp³-hybridized carbons (Fsp3) is 0.286. The van der Waals surface area contributed by atoms with E-state index >= 15 is 4.39 Å². The summed E-state index contributed by atoms with van der Waals surface area (Å²) in [4.78, 5) is 54.2. The number of hydrogen-bond acceptors (Lipinski definition) is 7.